The van der Waals surface area contributed by atoms with Crippen LogP contribution in [0.3, 0.4) is 0 Å². The lowest BCUT2D eigenvalue weighted by atomic mass is 10.0. The van der Waals surface area contributed by atoms with Crippen molar-refractivity contribution in [1.29, 1.82) is 0 Å². The predicted molar refractivity (Wildman–Crippen MR) is 154 cm³/mol. The average Bonchev–Trinajstić information content (AvgIpc) is 3.49. The number of halogens is 2. The van der Waals surface area contributed by atoms with Crippen molar-refractivity contribution in [3.05, 3.63) is 102 Å². The Bertz CT molecular complexity index is 1410. The first-order valence-electron chi connectivity index (χ1n) is 12.5. The van der Waals surface area contributed by atoms with Crippen LogP contribution < -0.4 is 20.4 Å². The zero-order valence-corrected chi connectivity index (χ0v) is 23.2. The predicted octanol–water partition coefficient (Wildman–Crippen LogP) is 3.23. The molecule has 0 bridgehead atoms. The highest BCUT2D eigenvalue weighted by Crippen LogP contribution is 2.35. The normalized spacial score (nSPS) is 20.4. The van der Waals surface area contributed by atoms with E-state index in [0.29, 0.717) is 47.6 Å². The summed E-state index contributed by atoms with van der Waals surface area (Å²) in [5.41, 5.74) is 3.82. The summed E-state index contributed by atoms with van der Waals surface area (Å²) in [7, 11) is 0. The lowest BCUT2D eigenvalue weighted by molar-refractivity contribution is -0.485. The van der Waals surface area contributed by atoms with Gasteiger partial charge in [-0.1, -0.05) is 41.4 Å². The first-order valence-corrected chi connectivity index (χ1v) is 13.3. The molecular weight excluding hydrogens is 575 g/mol. The molecule has 16 heteroatoms. The highest BCUT2D eigenvalue weighted by Gasteiger charge is 2.37. The fourth-order valence-corrected chi connectivity index (χ4v) is 5.34. The quantitative estimate of drug-likeness (QED) is 0.223. The Kier molecular flexibility index (Phi) is 8.12. The van der Waals surface area contributed by atoms with Crippen LogP contribution in [0, 0.1) is 27.2 Å². The smallest absolute Gasteiger partial charge is 0.276 e. The Morgan fingerprint density at radius 2 is 1.27 bits per heavy atom. The molecule has 212 valence electrons. The van der Waals surface area contributed by atoms with Crippen molar-refractivity contribution in [3.8, 4) is 0 Å². The van der Waals surface area contributed by atoms with Gasteiger partial charge in [0.05, 0.1) is 12.1 Å². The monoisotopic (exact) mass is 598 g/mol. The molecule has 2 aromatic heterocycles. The highest BCUT2D eigenvalue weighted by atomic mass is 35.5. The first-order chi connectivity index (χ1) is 19.7. The molecule has 0 amide bonds. The lowest BCUT2D eigenvalue weighted by Crippen LogP contribution is -2.40. The van der Waals surface area contributed by atoms with Gasteiger partial charge < -0.3 is 20.4 Å². The summed E-state index contributed by atoms with van der Waals surface area (Å²) in [6, 6.07) is 12.1. The third-order valence-corrected chi connectivity index (χ3v) is 7.29. The van der Waals surface area contributed by atoms with Crippen LogP contribution in [0.1, 0.15) is 16.7 Å². The molecule has 14 nitrogen and oxygen atoms in total. The molecule has 0 radical (unpaired) electrons. The number of anilines is 2. The van der Waals surface area contributed by atoms with Crippen molar-refractivity contribution in [2.75, 3.05) is 22.9 Å². The molecule has 2 unspecified atom stereocenters. The van der Waals surface area contributed by atoms with Gasteiger partial charge in [0.1, 0.15) is 20.5 Å². The molecule has 2 fully saturated rings. The Balaban J connectivity index is 1.54. The first kappa shape index (κ1) is 28.0. The number of pyridine rings is 2. The molecule has 3 aromatic rings. The summed E-state index contributed by atoms with van der Waals surface area (Å²) in [6.07, 6.45) is 4.34. The third-order valence-electron chi connectivity index (χ3n) is 6.85. The van der Waals surface area contributed by atoms with E-state index >= 15 is 0 Å². The van der Waals surface area contributed by atoms with Gasteiger partial charge >= 0.3 is 0 Å². The number of aromatic nitrogens is 2. The van der Waals surface area contributed by atoms with Crippen LogP contribution in [0.15, 0.2) is 65.1 Å². The molecule has 41 heavy (non-hydrogen) atoms. The molecular formula is C25H24Cl2N10O4. The van der Waals surface area contributed by atoms with E-state index < -0.39 is 10.1 Å². The number of hydrazone groups is 2. The summed E-state index contributed by atoms with van der Waals surface area (Å²) in [5.74, 6) is 0.175. The summed E-state index contributed by atoms with van der Waals surface area (Å²) >= 11 is 11.9. The fourth-order valence-electron chi connectivity index (χ4n) is 5.12. The molecule has 0 saturated carbocycles. The van der Waals surface area contributed by atoms with Crippen LogP contribution in [0.4, 0.5) is 11.4 Å². The van der Waals surface area contributed by atoms with Gasteiger partial charge in [0, 0.05) is 36.9 Å². The topological polar surface area (TPSA) is 167 Å². The summed E-state index contributed by atoms with van der Waals surface area (Å²) in [5, 5.41) is 35.3. The van der Waals surface area contributed by atoms with E-state index in [9.17, 15) is 20.2 Å². The molecule has 2 aliphatic rings. The van der Waals surface area contributed by atoms with E-state index in [-0.39, 0.29) is 24.0 Å². The minimum atomic E-state index is -0.747. The maximum atomic E-state index is 11.4. The van der Waals surface area contributed by atoms with Gasteiger partial charge in [-0.15, -0.1) is 0 Å². The van der Waals surface area contributed by atoms with E-state index in [1.165, 1.54) is 0 Å². The van der Waals surface area contributed by atoms with Crippen LogP contribution in [-0.4, -0.2) is 57.1 Å². The minimum Gasteiger partial charge on any atom is -0.349 e. The molecule has 5 rings (SSSR count). The number of rotatable bonds is 8. The van der Waals surface area contributed by atoms with Crippen molar-refractivity contribution in [2.24, 2.45) is 10.2 Å². The van der Waals surface area contributed by atoms with E-state index in [1.54, 1.807) is 40.4 Å². The maximum Gasteiger partial charge on any atom is 0.276 e. The summed E-state index contributed by atoms with van der Waals surface area (Å²) in [4.78, 5) is 34.6. The van der Waals surface area contributed by atoms with Gasteiger partial charge in [-0.2, -0.15) is 0 Å². The van der Waals surface area contributed by atoms with E-state index in [4.69, 9.17) is 23.2 Å². The second-order valence-corrected chi connectivity index (χ2v) is 10.2. The molecule has 2 saturated heterocycles. The van der Waals surface area contributed by atoms with Gasteiger partial charge in [-0.05, 0) is 60.7 Å². The van der Waals surface area contributed by atoms with Crippen LogP contribution >= 0.6 is 23.2 Å². The van der Waals surface area contributed by atoms with Crippen LogP contribution in [-0.2, 0) is 12.8 Å². The van der Waals surface area contributed by atoms with Crippen molar-refractivity contribution < 1.29 is 10.1 Å². The van der Waals surface area contributed by atoms with Crippen molar-refractivity contribution in [1.82, 2.24) is 20.6 Å². The summed E-state index contributed by atoms with van der Waals surface area (Å²) in [6.45, 7) is 2.64. The number of nitrogens with zero attached hydrogens (tertiary/aromatic N) is 8. The molecule has 2 N–H and O–H groups in total. The second-order valence-electron chi connectivity index (χ2n) is 9.44. The fraction of sp³-hybridized carbons (Fsp3) is 0.280. The van der Waals surface area contributed by atoms with Gasteiger partial charge in [-0.3, -0.25) is 0 Å². The Morgan fingerprint density at radius 3 is 1.63 bits per heavy atom. The van der Waals surface area contributed by atoms with Crippen molar-refractivity contribution in [2.45, 2.75) is 31.8 Å². The molecule has 4 heterocycles. The Labute approximate surface area is 244 Å². The number of nitrogens with one attached hydrogen (secondary N) is 2. The van der Waals surface area contributed by atoms with Gasteiger partial charge in [0.15, 0.2) is 10.1 Å². The largest absolute Gasteiger partial charge is 0.349 e. The second kappa shape index (κ2) is 11.9. The van der Waals surface area contributed by atoms with Crippen LogP contribution in [0.25, 0.3) is 0 Å². The zero-order valence-electron chi connectivity index (χ0n) is 21.6. The third kappa shape index (κ3) is 6.28. The van der Waals surface area contributed by atoms with Gasteiger partial charge in [0.25, 0.3) is 11.9 Å². The van der Waals surface area contributed by atoms with Gasteiger partial charge in [-0.25, -0.2) is 30.2 Å². The Hall–Kier alpha value is -4.56. The lowest BCUT2D eigenvalue weighted by Gasteiger charge is -2.30. The Morgan fingerprint density at radius 1 is 0.829 bits per heavy atom. The number of hydrogen-bond donors (Lipinski definition) is 2. The highest BCUT2D eigenvalue weighted by molar-refractivity contribution is 6.29. The number of hydrogen-bond acceptors (Lipinski definition) is 6. The maximum absolute atomic E-state index is 11.4. The van der Waals surface area contributed by atoms with E-state index in [2.05, 4.69) is 30.8 Å². The van der Waals surface area contributed by atoms with Crippen molar-refractivity contribution in [3.63, 3.8) is 0 Å². The van der Waals surface area contributed by atoms with E-state index in [1.807, 2.05) is 31.2 Å². The number of guanidine groups is 2. The minimum absolute atomic E-state index is 0.0877. The molecule has 0 aliphatic carbocycles. The van der Waals surface area contributed by atoms with Gasteiger partial charge in [0.2, 0.25) is 0 Å². The molecule has 2 aliphatic heterocycles. The SMILES string of the molecule is Cc1c(N2C(=N[N+](=O)[O-])NCC2Cc2ccc(Cl)nc2)cccc1N1C(=N[N+](=O)[O-])NCC1Cc1ccc(Cl)nc1. The number of nitro groups is 2. The van der Waals surface area contributed by atoms with Crippen LogP contribution in [0.2, 0.25) is 10.3 Å². The van der Waals surface area contributed by atoms with E-state index in [0.717, 1.165) is 16.7 Å². The molecule has 2 atom stereocenters. The zero-order chi connectivity index (χ0) is 29.1. The standard InChI is InChI=1S/C25H24Cl2N10O4/c1-15-20(34-18(13-30-24(34)32-36(38)39)9-16-5-7-22(26)28-11-16)3-2-4-21(15)35-19(14-31-25(35)33-37(40)41)10-17-6-8-23(27)29-12-17/h2-8,11-12,18-19H,9-10,13-14H2,1H3,(H,30,32)(H,31,33). The van der Waals surface area contributed by atoms with Crippen LogP contribution in [0.5, 0.6) is 0 Å². The molecule has 1 aromatic carbocycles. The summed E-state index contributed by atoms with van der Waals surface area (Å²) < 4.78 is 0. The number of benzene rings is 1. The molecule has 0 spiro atoms. The van der Waals surface area contributed by atoms with Crippen molar-refractivity contribution >= 4 is 46.5 Å². The average molecular weight is 599 g/mol.